The number of amides is 1. The molecule has 0 spiro atoms. The maximum atomic E-state index is 13.6. The molecule has 1 N–H and O–H groups in total. The van der Waals surface area contributed by atoms with Gasteiger partial charge in [0, 0.05) is 38.0 Å². The molecule has 8 heteroatoms. The van der Waals surface area contributed by atoms with Gasteiger partial charge in [0.15, 0.2) is 11.7 Å². The van der Waals surface area contributed by atoms with Crippen LogP contribution in [0.5, 0.6) is 0 Å². The molecule has 166 valence electrons. The number of nitrogens with one attached hydrogen (secondary N) is 1. The van der Waals surface area contributed by atoms with E-state index in [-0.39, 0.29) is 42.6 Å². The van der Waals surface area contributed by atoms with Gasteiger partial charge < -0.3 is 14.6 Å². The number of oxazole rings is 1. The lowest BCUT2D eigenvalue weighted by Crippen LogP contribution is -2.48. The summed E-state index contributed by atoms with van der Waals surface area (Å²) in [5, 5.41) is 3.30. The number of aromatic nitrogens is 1. The Bertz CT molecular complexity index is 968. The van der Waals surface area contributed by atoms with Crippen molar-refractivity contribution in [3.63, 3.8) is 0 Å². The molecule has 0 bridgehead atoms. The van der Waals surface area contributed by atoms with Crippen LogP contribution in [0.3, 0.4) is 0 Å². The van der Waals surface area contributed by atoms with Crippen molar-refractivity contribution >= 4 is 30.7 Å². The first kappa shape index (κ1) is 24.9. The summed E-state index contributed by atoms with van der Waals surface area (Å²) in [6.07, 6.45) is 3.40. The van der Waals surface area contributed by atoms with E-state index in [0.717, 1.165) is 23.4 Å². The highest BCUT2D eigenvalue weighted by Gasteiger charge is 2.27. The average molecular weight is 466 g/mol. The van der Waals surface area contributed by atoms with Crippen molar-refractivity contribution in [2.45, 2.75) is 25.3 Å². The highest BCUT2D eigenvalue weighted by molar-refractivity contribution is 5.85. The van der Waals surface area contributed by atoms with Gasteiger partial charge in [-0.2, -0.15) is 0 Å². The smallest absolute Gasteiger partial charge is 0.223 e. The lowest BCUT2D eigenvalue weighted by atomic mass is 10.0. The van der Waals surface area contributed by atoms with Gasteiger partial charge in [0.1, 0.15) is 5.82 Å². The van der Waals surface area contributed by atoms with Gasteiger partial charge in [-0.25, -0.2) is 9.37 Å². The quantitative estimate of drug-likeness (QED) is 0.566. The molecule has 1 saturated heterocycles. The summed E-state index contributed by atoms with van der Waals surface area (Å²) in [7, 11) is 0. The number of piperazine rings is 1. The maximum absolute atomic E-state index is 13.6. The molecule has 0 radical (unpaired) electrons. The van der Waals surface area contributed by atoms with E-state index in [1.165, 1.54) is 12.1 Å². The second-order valence-electron chi connectivity index (χ2n) is 7.20. The van der Waals surface area contributed by atoms with Crippen LogP contribution in [0.2, 0.25) is 0 Å². The first-order valence-electron chi connectivity index (χ1n) is 9.96. The van der Waals surface area contributed by atoms with E-state index in [2.05, 4.69) is 10.3 Å². The Morgan fingerprint density at radius 1 is 1.16 bits per heavy atom. The Labute approximate surface area is 193 Å². The Balaban J connectivity index is 0.00000171. The highest BCUT2D eigenvalue weighted by Crippen LogP contribution is 2.25. The largest absolute Gasteiger partial charge is 0.441 e. The maximum Gasteiger partial charge on any atom is 0.223 e. The van der Waals surface area contributed by atoms with Crippen LogP contribution in [0.4, 0.5) is 4.39 Å². The van der Waals surface area contributed by atoms with Gasteiger partial charge in [0.25, 0.3) is 0 Å². The molecule has 2 aromatic carbocycles. The molecule has 1 aliphatic rings. The standard InChI is InChI=1S/C23H24FN3O2.2ClH/c24-19-9-4-8-18(14-19)20-15-25-12-13-27(20)23(28)11-5-10-22-26-16-21(29-22)17-6-2-1-3-7-17;;/h1-4,6-9,14,16,20,25H,5,10-13,15H2;2*1H. The van der Waals surface area contributed by atoms with Crippen LogP contribution in [0.25, 0.3) is 11.3 Å². The van der Waals surface area contributed by atoms with Gasteiger partial charge in [0.2, 0.25) is 5.91 Å². The molecule has 5 nitrogen and oxygen atoms in total. The first-order valence-corrected chi connectivity index (χ1v) is 9.96. The van der Waals surface area contributed by atoms with Crippen molar-refractivity contribution in [2.24, 2.45) is 0 Å². The second-order valence-corrected chi connectivity index (χ2v) is 7.20. The van der Waals surface area contributed by atoms with Crippen LogP contribution < -0.4 is 5.32 Å². The van der Waals surface area contributed by atoms with E-state index in [0.29, 0.717) is 38.2 Å². The number of hydrogen-bond acceptors (Lipinski definition) is 4. The molecule has 1 atom stereocenters. The molecule has 0 saturated carbocycles. The number of carbonyl (C=O) groups excluding carboxylic acids is 1. The predicted molar refractivity (Wildman–Crippen MR) is 123 cm³/mol. The van der Waals surface area contributed by atoms with Crippen LogP contribution in [0.15, 0.2) is 65.2 Å². The molecule has 2 heterocycles. The van der Waals surface area contributed by atoms with Crippen molar-refractivity contribution in [3.05, 3.63) is 78.1 Å². The molecular weight excluding hydrogens is 440 g/mol. The van der Waals surface area contributed by atoms with E-state index in [9.17, 15) is 9.18 Å². The summed E-state index contributed by atoms with van der Waals surface area (Å²) in [4.78, 5) is 19.0. The Morgan fingerprint density at radius 2 is 1.97 bits per heavy atom. The number of hydrogen-bond donors (Lipinski definition) is 1. The van der Waals surface area contributed by atoms with E-state index >= 15 is 0 Å². The lowest BCUT2D eigenvalue weighted by Gasteiger charge is -2.36. The summed E-state index contributed by atoms with van der Waals surface area (Å²) in [5.41, 5.74) is 1.81. The van der Waals surface area contributed by atoms with Crippen molar-refractivity contribution in [1.82, 2.24) is 15.2 Å². The fourth-order valence-electron chi connectivity index (χ4n) is 3.71. The van der Waals surface area contributed by atoms with E-state index in [1.54, 1.807) is 12.3 Å². The van der Waals surface area contributed by atoms with Gasteiger partial charge in [-0.05, 0) is 24.1 Å². The van der Waals surface area contributed by atoms with E-state index in [4.69, 9.17) is 4.42 Å². The van der Waals surface area contributed by atoms with Crippen molar-refractivity contribution in [3.8, 4) is 11.3 Å². The van der Waals surface area contributed by atoms with Gasteiger partial charge in [-0.1, -0.05) is 42.5 Å². The molecule has 3 aromatic rings. The lowest BCUT2D eigenvalue weighted by molar-refractivity contribution is -0.134. The van der Waals surface area contributed by atoms with E-state index < -0.39 is 0 Å². The highest BCUT2D eigenvalue weighted by atomic mass is 35.5. The third-order valence-corrected chi connectivity index (χ3v) is 5.19. The number of carbonyl (C=O) groups is 1. The Hall–Kier alpha value is -2.41. The van der Waals surface area contributed by atoms with Gasteiger partial charge in [-0.3, -0.25) is 4.79 Å². The summed E-state index contributed by atoms with van der Waals surface area (Å²) >= 11 is 0. The van der Waals surface area contributed by atoms with E-state index in [1.807, 2.05) is 41.3 Å². The predicted octanol–water partition coefficient (Wildman–Crippen LogP) is 4.82. The number of nitrogens with zero attached hydrogens (tertiary/aromatic N) is 2. The van der Waals surface area contributed by atoms with Crippen LogP contribution in [-0.4, -0.2) is 35.4 Å². The zero-order chi connectivity index (χ0) is 20.1. The zero-order valence-electron chi connectivity index (χ0n) is 17.0. The summed E-state index contributed by atoms with van der Waals surface area (Å²) < 4.78 is 19.4. The summed E-state index contributed by atoms with van der Waals surface area (Å²) in [6.45, 7) is 2.00. The zero-order valence-corrected chi connectivity index (χ0v) is 18.6. The number of halogens is 3. The molecule has 31 heavy (non-hydrogen) atoms. The van der Waals surface area contributed by atoms with Crippen LogP contribution in [0.1, 0.15) is 30.3 Å². The Morgan fingerprint density at radius 3 is 2.74 bits per heavy atom. The van der Waals surface area contributed by atoms with Crippen LogP contribution in [0, 0.1) is 5.82 Å². The van der Waals surface area contributed by atoms with Gasteiger partial charge >= 0.3 is 0 Å². The molecule has 1 amide bonds. The molecule has 4 rings (SSSR count). The minimum Gasteiger partial charge on any atom is -0.441 e. The van der Waals surface area contributed by atoms with Crippen molar-refractivity contribution in [1.29, 1.82) is 0 Å². The van der Waals surface area contributed by atoms with Crippen molar-refractivity contribution < 1.29 is 13.6 Å². The SMILES string of the molecule is Cl.Cl.O=C(CCCc1ncc(-c2ccccc2)o1)N1CCNCC1c1cccc(F)c1. The summed E-state index contributed by atoms with van der Waals surface area (Å²) in [6, 6.07) is 16.2. The Kier molecular flexibility index (Phi) is 9.49. The second kappa shape index (κ2) is 11.8. The first-order chi connectivity index (χ1) is 14.2. The fraction of sp³-hybridized carbons (Fsp3) is 0.304. The fourth-order valence-corrected chi connectivity index (χ4v) is 3.71. The molecular formula is C23H26Cl2FN3O2. The minimum absolute atomic E-state index is 0. The number of rotatable bonds is 6. The third kappa shape index (κ3) is 6.29. The monoisotopic (exact) mass is 465 g/mol. The average Bonchev–Trinajstić information content (AvgIpc) is 3.23. The minimum atomic E-state index is -0.279. The summed E-state index contributed by atoms with van der Waals surface area (Å²) in [5.74, 6) is 1.17. The van der Waals surface area contributed by atoms with Crippen LogP contribution in [-0.2, 0) is 11.2 Å². The number of benzene rings is 2. The molecule has 1 fully saturated rings. The molecule has 0 aliphatic carbocycles. The number of aryl methyl sites for hydroxylation is 1. The molecule has 1 aliphatic heterocycles. The topological polar surface area (TPSA) is 58.4 Å². The van der Waals surface area contributed by atoms with Crippen LogP contribution >= 0.6 is 24.8 Å². The molecule has 1 aromatic heterocycles. The van der Waals surface area contributed by atoms with Gasteiger partial charge in [0.05, 0.1) is 12.2 Å². The van der Waals surface area contributed by atoms with Crippen molar-refractivity contribution in [2.75, 3.05) is 19.6 Å². The third-order valence-electron chi connectivity index (χ3n) is 5.19. The molecule has 1 unspecified atom stereocenters. The van der Waals surface area contributed by atoms with Gasteiger partial charge in [-0.15, -0.1) is 24.8 Å². The normalized spacial score (nSPS) is 15.6.